The van der Waals surface area contributed by atoms with Gasteiger partial charge in [0.1, 0.15) is 19.1 Å². The van der Waals surface area contributed by atoms with Crippen molar-refractivity contribution in [3.05, 3.63) is 49.1 Å². The van der Waals surface area contributed by atoms with Gasteiger partial charge in [0, 0.05) is 12.3 Å². The molecule has 1 saturated carbocycles. The molecule has 4 atom stereocenters. The number of carbonyl (C=O) groups is 3. The lowest BCUT2D eigenvalue weighted by atomic mass is 9.61. The third kappa shape index (κ3) is 5.32. The minimum absolute atomic E-state index is 0.0998. The Balaban J connectivity index is 2.64. The van der Waals surface area contributed by atoms with E-state index in [2.05, 4.69) is 13.2 Å². The number of ether oxygens (including phenoxy) is 3. The molecule has 1 aromatic rings. The van der Waals surface area contributed by atoms with Crippen LogP contribution in [0, 0.1) is 11.8 Å². The summed E-state index contributed by atoms with van der Waals surface area (Å²) in [5.74, 6) is -5.93. The van der Waals surface area contributed by atoms with Crippen LogP contribution in [0.2, 0.25) is 0 Å². The average Bonchev–Trinajstić information content (AvgIpc) is 2.70. The molecule has 0 aromatic heterocycles. The van der Waals surface area contributed by atoms with Crippen LogP contribution < -0.4 is 4.74 Å². The molecule has 0 saturated heterocycles. The Labute approximate surface area is 181 Å². The Morgan fingerprint density at radius 3 is 2.39 bits per heavy atom. The molecule has 168 valence electrons. The fraction of sp³-hybridized carbons (Fsp3) is 0.435. The molecule has 1 aromatic carbocycles. The minimum Gasteiger partial charge on any atom is -0.504 e. The molecule has 0 spiro atoms. The second kappa shape index (κ2) is 10.3. The number of esters is 2. The van der Waals surface area contributed by atoms with Gasteiger partial charge in [-0.15, -0.1) is 0 Å². The maximum absolute atomic E-state index is 12.9. The normalized spacial score (nSPS) is 25.4. The van der Waals surface area contributed by atoms with Crippen molar-refractivity contribution in [3.63, 3.8) is 0 Å². The third-order valence-electron chi connectivity index (χ3n) is 5.13. The van der Waals surface area contributed by atoms with E-state index in [-0.39, 0.29) is 31.3 Å². The van der Waals surface area contributed by atoms with Crippen LogP contribution in [0.3, 0.4) is 0 Å². The van der Waals surface area contributed by atoms with Crippen LogP contribution in [0.25, 0.3) is 0 Å². The maximum atomic E-state index is 12.9. The Kier molecular flexibility index (Phi) is 7.99. The van der Waals surface area contributed by atoms with Gasteiger partial charge in [-0.25, -0.2) is 0 Å². The summed E-state index contributed by atoms with van der Waals surface area (Å²) in [5, 5.41) is 21.1. The van der Waals surface area contributed by atoms with Gasteiger partial charge in [0.15, 0.2) is 17.3 Å². The topological polar surface area (TPSA) is 119 Å². The van der Waals surface area contributed by atoms with Crippen LogP contribution in [0.5, 0.6) is 11.5 Å². The number of carbonyl (C=O) groups excluding carboxylic acids is 3. The molecule has 1 aliphatic carbocycles. The van der Waals surface area contributed by atoms with Gasteiger partial charge in [-0.2, -0.15) is 0 Å². The van der Waals surface area contributed by atoms with Gasteiger partial charge in [-0.3, -0.25) is 14.4 Å². The van der Waals surface area contributed by atoms with Crippen LogP contribution in [0.1, 0.15) is 31.7 Å². The molecular formula is C23H28O8. The van der Waals surface area contributed by atoms with E-state index in [9.17, 15) is 24.6 Å². The predicted octanol–water partition coefficient (Wildman–Crippen LogP) is 2.29. The van der Waals surface area contributed by atoms with E-state index in [1.807, 2.05) is 0 Å². The van der Waals surface area contributed by atoms with Crippen molar-refractivity contribution < 1.29 is 38.8 Å². The summed E-state index contributed by atoms with van der Waals surface area (Å²) in [6, 6.07) is 4.25. The number of hydrogen-bond donors (Lipinski definition) is 2. The lowest BCUT2D eigenvalue weighted by Gasteiger charge is -2.43. The summed E-state index contributed by atoms with van der Waals surface area (Å²) >= 11 is 0. The first kappa shape index (κ1) is 24.1. The Hall–Kier alpha value is -3.13. The Bertz CT molecular complexity index is 857. The highest BCUT2D eigenvalue weighted by Crippen LogP contribution is 2.48. The number of ketones is 1. The number of phenols is 1. The average molecular weight is 432 g/mol. The summed E-state index contributed by atoms with van der Waals surface area (Å²) in [6.07, 6.45) is 2.31. The fourth-order valence-electron chi connectivity index (χ4n) is 3.89. The lowest BCUT2D eigenvalue weighted by molar-refractivity contribution is -0.172. The second-order valence-electron chi connectivity index (χ2n) is 7.48. The first-order chi connectivity index (χ1) is 14.7. The molecule has 8 nitrogen and oxygen atoms in total. The Morgan fingerprint density at radius 2 is 1.81 bits per heavy atom. The number of Topliss-reactive ketones (excluding diaryl/α,β-unsaturated/α-hetero) is 1. The van der Waals surface area contributed by atoms with Crippen LogP contribution in [0.4, 0.5) is 0 Å². The fourth-order valence-corrected chi connectivity index (χ4v) is 3.89. The van der Waals surface area contributed by atoms with E-state index in [0.717, 1.165) is 0 Å². The second-order valence-corrected chi connectivity index (χ2v) is 7.48. The molecule has 0 bridgehead atoms. The van der Waals surface area contributed by atoms with E-state index in [1.165, 1.54) is 37.3 Å². The smallest absolute Gasteiger partial charge is 0.317 e. The van der Waals surface area contributed by atoms with E-state index in [0.29, 0.717) is 5.56 Å². The van der Waals surface area contributed by atoms with E-state index in [1.54, 1.807) is 6.92 Å². The number of aromatic hydroxyl groups is 1. The summed E-state index contributed by atoms with van der Waals surface area (Å²) in [4.78, 5) is 38.7. The molecule has 0 unspecified atom stereocenters. The van der Waals surface area contributed by atoms with Gasteiger partial charge in [0.25, 0.3) is 0 Å². The maximum Gasteiger partial charge on any atom is 0.317 e. The number of phenolic OH excluding ortho intramolecular Hbond substituents is 1. The number of rotatable bonds is 9. The lowest BCUT2D eigenvalue weighted by Crippen LogP contribution is -2.55. The number of hydrogen-bond acceptors (Lipinski definition) is 8. The van der Waals surface area contributed by atoms with E-state index >= 15 is 0 Å². The SMILES string of the molecule is C=CCOC(=O)[C@@H]1C(=O)C[C@](C)(O)[C@H](C(=O)OCC=C)[C@@H]1c1ccc(O)c(OCC)c1. The molecule has 0 amide bonds. The van der Waals surface area contributed by atoms with Gasteiger partial charge < -0.3 is 24.4 Å². The summed E-state index contributed by atoms with van der Waals surface area (Å²) in [5.41, 5.74) is -1.44. The molecule has 2 rings (SSSR count). The van der Waals surface area contributed by atoms with Gasteiger partial charge in [-0.05, 0) is 31.5 Å². The molecule has 31 heavy (non-hydrogen) atoms. The number of aliphatic hydroxyl groups is 1. The zero-order valence-corrected chi connectivity index (χ0v) is 17.7. The highest BCUT2D eigenvalue weighted by molar-refractivity contribution is 6.02. The molecule has 1 aliphatic rings. The standard InChI is InChI=1S/C23H28O8/c1-5-10-30-21(26)19-16(25)13-23(4,28)20(22(27)31-11-6-2)18(19)14-8-9-15(24)17(12-14)29-7-3/h5-6,8-9,12,18-20,24,28H,1-2,7,10-11,13H2,3-4H3/t18-,19-,20+,23+/m1/s1. The molecule has 8 heteroatoms. The number of benzene rings is 1. The van der Waals surface area contributed by atoms with Crippen molar-refractivity contribution in [2.45, 2.75) is 31.8 Å². The van der Waals surface area contributed by atoms with Crippen molar-refractivity contribution in [1.82, 2.24) is 0 Å². The summed E-state index contributed by atoms with van der Waals surface area (Å²) < 4.78 is 15.7. The molecule has 0 radical (unpaired) electrons. The Morgan fingerprint density at radius 1 is 1.19 bits per heavy atom. The van der Waals surface area contributed by atoms with Crippen molar-refractivity contribution in [2.24, 2.45) is 11.8 Å². The van der Waals surface area contributed by atoms with Crippen molar-refractivity contribution in [2.75, 3.05) is 19.8 Å². The van der Waals surface area contributed by atoms with E-state index < -0.39 is 47.5 Å². The first-order valence-corrected chi connectivity index (χ1v) is 9.93. The van der Waals surface area contributed by atoms with Gasteiger partial charge in [0.2, 0.25) is 0 Å². The van der Waals surface area contributed by atoms with Crippen molar-refractivity contribution >= 4 is 17.7 Å². The van der Waals surface area contributed by atoms with Gasteiger partial charge >= 0.3 is 11.9 Å². The quantitative estimate of drug-likeness (QED) is 0.347. The molecule has 2 N–H and O–H groups in total. The van der Waals surface area contributed by atoms with Gasteiger partial charge in [-0.1, -0.05) is 31.4 Å². The highest BCUT2D eigenvalue weighted by atomic mass is 16.5. The first-order valence-electron chi connectivity index (χ1n) is 9.93. The zero-order valence-electron chi connectivity index (χ0n) is 17.7. The third-order valence-corrected chi connectivity index (χ3v) is 5.13. The highest BCUT2D eigenvalue weighted by Gasteiger charge is 2.57. The molecule has 0 aliphatic heterocycles. The van der Waals surface area contributed by atoms with Crippen LogP contribution in [0.15, 0.2) is 43.5 Å². The van der Waals surface area contributed by atoms with Crippen LogP contribution in [-0.4, -0.2) is 53.4 Å². The minimum atomic E-state index is -1.78. The monoisotopic (exact) mass is 432 g/mol. The largest absolute Gasteiger partial charge is 0.504 e. The van der Waals surface area contributed by atoms with Crippen molar-refractivity contribution in [3.8, 4) is 11.5 Å². The predicted molar refractivity (Wildman–Crippen MR) is 112 cm³/mol. The zero-order chi connectivity index (χ0) is 23.2. The molecule has 1 fully saturated rings. The molecule has 0 heterocycles. The van der Waals surface area contributed by atoms with E-state index in [4.69, 9.17) is 14.2 Å². The van der Waals surface area contributed by atoms with Crippen molar-refractivity contribution in [1.29, 1.82) is 0 Å². The van der Waals surface area contributed by atoms with Crippen LogP contribution in [-0.2, 0) is 23.9 Å². The van der Waals surface area contributed by atoms with Crippen LogP contribution >= 0.6 is 0 Å². The summed E-state index contributed by atoms with van der Waals surface area (Å²) in [6.45, 7) is 10.1. The molecular weight excluding hydrogens is 404 g/mol. The summed E-state index contributed by atoms with van der Waals surface area (Å²) in [7, 11) is 0. The van der Waals surface area contributed by atoms with Gasteiger partial charge in [0.05, 0.1) is 18.1 Å².